The highest BCUT2D eigenvalue weighted by Gasteiger charge is 2.21. The monoisotopic (exact) mass is 815 g/mol. The molecule has 0 unspecified atom stereocenters. The minimum atomic E-state index is 0.893. The van der Waals surface area contributed by atoms with E-state index in [1.807, 2.05) is 12.1 Å². The molecule has 0 spiro atoms. The van der Waals surface area contributed by atoms with E-state index < -0.39 is 0 Å². The molecule has 0 N–H and O–H groups in total. The molecular weight excluding hydrogens is 775 g/mol. The lowest BCUT2D eigenvalue weighted by atomic mass is 9.93. The summed E-state index contributed by atoms with van der Waals surface area (Å²) < 4.78 is 6.30. The molecule has 0 aliphatic rings. The first-order valence-electron chi connectivity index (χ1n) is 21.9. The van der Waals surface area contributed by atoms with Crippen molar-refractivity contribution >= 4 is 60.5 Å². The minimum Gasteiger partial charge on any atom is -0.456 e. The van der Waals surface area contributed by atoms with Crippen molar-refractivity contribution in [3.05, 3.63) is 249 Å². The van der Waals surface area contributed by atoms with Gasteiger partial charge in [0.1, 0.15) is 11.2 Å². The van der Waals surface area contributed by atoms with E-state index in [1.165, 1.54) is 43.8 Å². The Morgan fingerprint density at radius 3 is 1.44 bits per heavy atom. The van der Waals surface area contributed by atoms with Crippen LogP contribution in [0.3, 0.4) is 0 Å². The highest BCUT2D eigenvalue weighted by Crippen LogP contribution is 2.45. The van der Waals surface area contributed by atoms with E-state index >= 15 is 0 Å². The largest absolute Gasteiger partial charge is 0.456 e. The Labute approximate surface area is 372 Å². The third-order valence-corrected chi connectivity index (χ3v) is 12.7. The van der Waals surface area contributed by atoms with Gasteiger partial charge in [-0.25, -0.2) is 0 Å². The van der Waals surface area contributed by atoms with Crippen molar-refractivity contribution in [3.8, 4) is 55.6 Å². The second-order valence-corrected chi connectivity index (χ2v) is 16.4. The maximum absolute atomic E-state index is 6.30. The van der Waals surface area contributed by atoms with E-state index in [1.54, 1.807) is 0 Å². The highest BCUT2D eigenvalue weighted by atomic mass is 16.3. The molecule has 2 heteroatoms. The van der Waals surface area contributed by atoms with Crippen molar-refractivity contribution in [2.75, 3.05) is 4.90 Å². The summed E-state index contributed by atoms with van der Waals surface area (Å²) in [5.41, 5.74) is 16.8. The van der Waals surface area contributed by atoms with E-state index in [2.05, 4.69) is 241 Å². The fourth-order valence-corrected chi connectivity index (χ4v) is 9.60. The lowest BCUT2D eigenvalue weighted by Crippen LogP contribution is -2.11. The van der Waals surface area contributed by atoms with Gasteiger partial charge in [0.25, 0.3) is 0 Å². The first kappa shape index (κ1) is 37.3. The number of fused-ring (bicyclic) bond motifs is 5. The molecule has 11 aromatic carbocycles. The van der Waals surface area contributed by atoms with Gasteiger partial charge in [-0.15, -0.1) is 0 Å². The predicted molar refractivity (Wildman–Crippen MR) is 271 cm³/mol. The Bertz CT molecular complexity index is 3650. The molecule has 0 radical (unpaired) electrons. The van der Waals surface area contributed by atoms with Crippen LogP contribution in [-0.2, 0) is 0 Å². The van der Waals surface area contributed by atoms with E-state index in [0.717, 1.165) is 72.4 Å². The van der Waals surface area contributed by atoms with Crippen LogP contribution < -0.4 is 4.90 Å². The van der Waals surface area contributed by atoms with Gasteiger partial charge in [-0.2, -0.15) is 0 Å². The van der Waals surface area contributed by atoms with Crippen molar-refractivity contribution < 1.29 is 4.42 Å². The van der Waals surface area contributed by atoms with Crippen LogP contribution in [-0.4, -0.2) is 0 Å². The minimum absolute atomic E-state index is 0.893. The van der Waals surface area contributed by atoms with Crippen LogP contribution in [0.25, 0.3) is 99.1 Å². The standard InChI is InChI=1S/C62H41NO/c1-2-14-45(15-3-1)56-39-34-49(55-26-12-19-44-17-5-7-23-53(44)55)41-59(56)63(51-37-32-46(33-38-51)57-27-13-29-61-62(57)58-24-8-9-28-60(58)64-61)50-35-30-42(31-36-50)47-20-10-21-48(40-47)54-25-11-18-43-16-4-6-22-52(43)54/h1-41H. The summed E-state index contributed by atoms with van der Waals surface area (Å²) in [5, 5.41) is 7.22. The number of nitrogens with zero attached hydrogens (tertiary/aromatic N) is 1. The lowest BCUT2D eigenvalue weighted by molar-refractivity contribution is 0.669. The molecule has 0 saturated carbocycles. The average molecular weight is 816 g/mol. The molecule has 0 atom stereocenters. The Balaban J connectivity index is 1.02. The zero-order valence-corrected chi connectivity index (χ0v) is 35.0. The van der Waals surface area contributed by atoms with E-state index in [-0.39, 0.29) is 0 Å². The van der Waals surface area contributed by atoms with Crippen molar-refractivity contribution in [1.82, 2.24) is 0 Å². The molecular formula is C62H41NO. The molecule has 0 aliphatic heterocycles. The Hall–Kier alpha value is -8.46. The van der Waals surface area contributed by atoms with Gasteiger partial charge >= 0.3 is 0 Å². The van der Waals surface area contributed by atoms with Gasteiger partial charge in [-0.3, -0.25) is 0 Å². The van der Waals surface area contributed by atoms with E-state index in [9.17, 15) is 0 Å². The smallest absolute Gasteiger partial charge is 0.136 e. The number of benzene rings is 11. The summed E-state index contributed by atoms with van der Waals surface area (Å²) in [6.45, 7) is 0. The average Bonchev–Trinajstić information content (AvgIpc) is 3.76. The van der Waals surface area contributed by atoms with Crippen LogP contribution in [0.4, 0.5) is 17.1 Å². The molecule has 0 bridgehead atoms. The predicted octanol–water partition coefficient (Wildman–Crippen LogP) is 17.7. The fraction of sp³-hybridized carbons (Fsp3) is 0. The third-order valence-electron chi connectivity index (χ3n) is 12.7. The fourth-order valence-electron chi connectivity index (χ4n) is 9.60. The Kier molecular flexibility index (Phi) is 9.20. The SMILES string of the molecule is c1ccc(-c2ccc(-c3cccc4ccccc34)cc2N(c2ccc(-c3cccc(-c4cccc5ccccc45)c3)cc2)c2ccc(-c3cccc4oc5ccccc5c34)cc2)cc1. The third kappa shape index (κ3) is 6.61. The molecule has 300 valence electrons. The van der Waals surface area contributed by atoms with Gasteiger partial charge in [-0.1, -0.05) is 200 Å². The van der Waals surface area contributed by atoms with E-state index in [0.29, 0.717) is 0 Å². The molecule has 1 heterocycles. The maximum atomic E-state index is 6.30. The van der Waals surface area contributed by atoms with Crippen molar-refractivity contribution in [2.24, 2.45) is 0 Å². The molecule has 0 fully saturated rings. The molecule has 12 rings (SSSR count). The van der Waals surface area contributed by atoms with Crippen molar-refractivity contribution in [2.45, 2.75) is 0 Å². The van der Waals surface area contributed by atoms with Crippen LogP contribution in [0.5, 0.6) is 0 Å². The van der Waals surface area contributed by atoms with Crippen LogP contribution in [0.1, 0.15) is 0 Å². The molecule has 2 nitrogen and oxygen atoms in total. The molecule has 1 aromatic heterocycles. The Morgan fingerprint density at radius 1 is 0.266 bits per heavy atom. The van der Waals surface area contributed by atoms with Gasteiger partial charge in [0.05, 0.1) is 5.69 Å². The number of para-hydroxylation sites is 1. The van der Waals surface area contributed by atoms with Crippen molar-refractivity contribution in [3.63, 3.8) is 0 Å². The van der Waals surface area contributed by atoms with Gasteiger partial charge < -0.3 is 9.32 Å². The molecule has 0 aliphatic carbocycles. The first-order chi connectivity index (χ1) is 31.7. The number of rotatable bonds is 8. The summed E-state index contributed by atoms with van der Waals surface area (Å²) in [6, 6.07) is 89.8. The second-order valence-electron chi connectivity index (χ2n) is 16.4. The molecule has 0 amide bonds. The molecule has 12 aromatic rings. The van der Waals surface area contributed by atoms with Crippen molar-refractivity contribution in [1.29, 1.82) is 0 Å². The van der Waals surface area contributed by atoms with Gasteiger partial charge in [0.2, 0.25) is 0 Å². The maximum Gasteiger partial charge on any atom is 0.136 e. The first-order valence-corrected chi connectivity index (χ1v) is 21.9. The number of hydrogen-bond donors (Lipinski definition) is 0. The number of furan rings is 1. The van der Waals surface area contributed by atoms with Gasteiger partial charge in [0.15, 0.2) is 0 Å². The highest BCUT2D eigenvalue weighted by molar-refractivity contribution is 6.12. The quantitative estimate of drug-likeness (QED) is 0.152. The summed E-state index contributed by atoms with van der Waals surface area (Å²) in [5.74, 6) is 0. The lowest BCUT2D eigenvalue weighted by Gasteiger charge is -2.29. The summed E-state index contributed by atoms with van der Waals surface area (Å²) in [4.78, 5) is 2.42. The topological polar surface area (TPSA) is 16.4 Å². The summed E-state index contributed by atoms with van der Waals surface area (Å²) >= 11 is 0. The van der Waals surface area contributed by atoms with Crippen LogP contribution in [0.2, 0.25) is 0 Å². The molecule has 0 saturated heterocycles. The Morgan fingerprint density at radius 2 is 0.734 bits per heavy atom. The summed E-state index contributed by atoms with van der Waals surface area (Å²) in [7, 11) is 0. The zero-order valence-electron chi connectivity index (χ0n) is 35.0. The number of anilines is 3. The van der Waals surface area contributed by atoms with E-state index in [4.69, 9.17) is 4.42 Å². The molecule has 64 heavy (non-hydrogen) atoms. The number of hydrogen-bond acceptors (Lipinski definition) is 2. The van der Waals surface area contributed by atoms with Crippen LogP contribution >= 0.6 is 0 Å². The summed E-state index contributed by atoms with van der Waals surface area (Å²) in [6.07, 6.45) is 0. The van der Waals surface area contributed by atoms with Gasteiger partial charge in [-0.05, 0) is 120 Å². The second kappa shape index (κ2) is 15.8. The zero-order chi connectivity index (χ0) is 42.4. The van der Waals surface area contributed by atoms with Crippen LogP contribution in [0, 0.1) is 0 Å². The van der Waals surface area contributed by atoms with Gasteiger partial charge in [0, 0.05) is 27.7 Å². The van der Waals surface area contributed by atoms with Crippen LogP contribution in [0.15, 0.2) is 253 Å². The normalized spacial score (nSPS) is 11.4.